The summed E-state index contributed by atoms with van der Waals surface area (Å²) in [5, 5.41) is 4.74. The van der Waals surface area contributed by atoms with Crippen LogP contribution in [0.25, 0.3) is 11.0 Å². The summed E-state index contributed by atoms with van der Waals surface area (Å²) in [6.07, 6.45) is 10.1. The van der Waals surface area contributed by atoms with Crippen LogP contribution in [0.2, 0.25) is 0 Å². The number of pyridine rings is 1. The summed E-state index contributed by atoms with van der Waals surface area (Å²) in [6.45, 7) is 2.29. The van der Waals surface area contributed by atoms with Gasteiger partial charge in [0.2, 0.25) is 0 Å². The molecule has 96 valence electrons. The fourth-order valence-electron chi connectivity index (χ4n) is 3.07. The molecule has 0 radical (unpaired) electrons. The van der Waals surface area contributed by atoms with Gasteiger partial charge < -0.3 is 9.73 Å². The second-order valence-corrected chi connectivity index (χ2v) is 5.20. The first-order valence-electron chi connectivity index (χ1n) is 6.97. The highest BCUT2D eigenvalue weighted by atomic mass is 16.3. The van der Waals surface area contributed by atoms with E-state index in [0.717, 1.165) is 22.7 Å². The number of furan rings is 1. The van der Waals surface area contributed by atoms with Crippen LogP contribution in [0, 0.1) is 5.92 Å². The number of rotatable bonds is 3. The summed E-state index contributed by atoms with van der Waals surface area (Å²) in [4.78, 5) is 4.47. The van der Waals surface area contributed by atoms with Crippen LogP contribution < -0.4 is 5.32 Å². The fraction of sp³-hybridized carbons (Fsp3) is 0.533. The van der Waals surface area contributed by atoms with E-state index in [1.165, 1.54) is 32.1 Å². The van der Waals surface area contributed by atoms with Crippen molar-refractivity contribution < 1.29 is 4.42 Å². The van der Waals surface area contributed by atoms with E-state index in [0.29, 0.717) is 6.04 Å². The lowest BCUT2D eigenvalue weighted by Crippen LogP contribution is -2.32. The van der Waals surface area contributed by atoms with E-state index in [-0.39, 0.29) is 0 Å². The Morgan fingerprint density at radius 3 is 3.11 bits per heavy atom. The summed E-state index contributed by atoms with van der Waals surface area (Å²) >= 11 is 0. The van der Waals surface area contributed by atoms with Gasteiger partial charge in [-0.15, -0.1) is 0 Å². The maximum absolute atomic E-state index is 5.42. The van der Waals surface area contributed by atoms with Gasteiger partial charge in [0, 0.05) is 12.2 Å². The van der Waals surface area contributed by atoms with Crippen molar-refractivity contribution in [2.24, 2.45) is 5.92 Å². The average molecular weight is 244 g/mol. The summed E-state index contributed by atoms with van der Waals surface area (Å²) in [7, 11) is 0. The van der Waals surface area contributed by atoms with Gasteiger partial charge >= 0.3 is 0 Å². The van der Waals surface area contributed by atoms with Gasteiger partial charge in [-0.3, -0.25) is 0 Å². The van der Waals surface area contributed by atoms with Gasteiger partial charge in [-0.2, -0.15) is 0 Å². The SMILES string of the molecule is CCC1CCCCC1Nc1nccc2occc12. The van der Waals surface area contributed by atoms with Crippen LogP contribution in [0.4, 0.5) is 5.82 Å². The lowest BCUT2D eigenvalue weighted by atomic mass is 9.83. The Morgan fingerprint density at radius 1 is 1.33 bits per heavy atom. The smallest absolute Gasteiger partial charge is 0.139 e. The summed E-state index contributed by atoms with van der Waals surface area (Å²) < 4.78 is 5.42. The molecule has 1 aliphatic rings. The van der Waals surface area contributed by atoms with Crippen molar-refractivity contribution >= 4 is 16.8 Å². The van der Waals surface area contributed by atoms with Crippen LogP contribution in [0.1, 0.15) is 39.0 Å². The molecule has 2 atom stereocenters. The third-order valence-corrected chi connectivity index (χ3v) is 4.14. The Morgan fingerprint density at radius 2 is 2.22 bits per heavy atom. The van der Waals surface area contributed by atoms with E-state index < -0.39 is 0 Å². The normalized spacial score (nSPS) is 24.3. The minimum absolute atomic E-state index is 0.566. The Hall–Kier alpha value is -1.51. The van der Waals surface area contributed by atoms with Gasteiger partial charge in [0.05, 0.1) is 11.6 Å². The van der Waals surface area contributed by atoms with E-state index in [1.807, 2.05) is 18.3 Å². The molecule has 1 fully saturated rings. The molecule has 3 nitrogen and oxygen atoms in total. The highest BCUT2D eigenvalue weighted by Gasteiger charge is 2.24. The Kier molecular flexibility index (Phi) is 3.22. The number of hydrogen-bond acceptors (Lipinski definition) is 3. The molecule has 3 rings (SSSR count). The van der Waals surface area contributed by atoms with Gasteiger partial charge in [0.15, 0.2) is 0 Å². The molecule has 0 saturated heterocycles. The van der Waals surface area contributed by atoms with E-state index in [1.54, 1.807) is 6.26 Å². The zero-order valence-electron chi connectivity index (χ0n) is 10.9. The number of hydrogen-bond donors (Lipinski definition) is 1. The molecule has 1 saturated carbocycles. The number of aromatic nitrogens is 1. The predicted molar refractivity (Wildman–Crippen MR) is 73.7 cm³/mol. The summed E-state index contributed by atoms with van der Waals surface area (Å²) in [5.74, 6) is 1.76. The molecule has 1 N–H and O–H groups in total. The molecule has 2 aromatic rings. The van der Waals surface area contributed by atoms with Crippen LogP contribution >= 0.6 is 0 Å². The number of nitrogens with zero attached hydrogens (tertiary/aromatic N) is 1. The van der Waals surface area contributed by atoms with E-state index in [9.17, 15) is 0 Å². The molecule has 2 aromatic heterocycles. The minimum Gasteiger partial charge on any atom is -0.464 e. The Bertz CT molecular complexity index is 520. The average Bonchev–Trinajstić information content (AvgIpc) is 2.89. The molecule has 1 aliphatic carbocycles. The van der Waals surface area contributed by atoms with Crippen LogP contribution in [-0.2, 0) is 0 Å². The Labute approximate surface area is 108 Å². The largest absolute Gasteiger partial charge is 0.464 e. The summed E-state index contributed by atoms with van der Waals surface area (Å²) in [5.41, 5.74) is 0.913. The van der Waals surface area contributed by atoms with Crippen molar-refractivity contribution in [1.82, 2.24) is 4.98 Å². The second kappa shape index (κ2) is 5.01. The first-order valence-corrected chi connectivity index (χ1v) is 6.97. The zero-order valence-corrected chi connectivity index (χ0v) is 10.9. The monoisotopic (exact) mass is 244 g/mol. The molecule has 18 heavy (non-hydrogen) atoms. The van der Waals surface area contributed by atoms with Crippen LogP contribution in [0.15, 0.2) is 29.0 Å². The molecule has 3 heteroatoms. The minimum atomic E-state index is 0.566. The van der Waals surface area contributed by atoms with Gasteiger partial charge in [0.25, 0.3) is 0 Å². The van der Waals surface area contributed by atoms with E-state index in [2.05, 4.69) is 17.2 Å². The van der Waals surface area contributed by atoms with E-state index >= 15 is 0 Å². The first-order chi connectivity index (χ1) is 8.88. The maximum Gasteiger partial charge on any atom is 0.139 e. The molecule has 0 aliphatic heterocycles. The lowest BCUT2D eigenvalue weighted by molar-refractivity contribution is 0.317. The molecule has 0 spiro atoms. The quantitative estimate of drug-likeness (QED) is 0.879. The topological polar surface area (TPSA) is 38.1 Å². The molecule has 0 bridgehead atoms. The number of anilines is 1. The molecular formula is C15H20N2O. The third kappa shape index (κ3) is 2.09. The molecule has 0 amide bonds. The molecular weight excluding hydrogens is 224 g/mol. The van der Waals surface area contributed by atoms with Crippen LogP contribution in [-0.4, -0.2) is 11.0 Å². The molecule has 2 heterocycles. The van der Waals surface area contributed by atoms with E-state index in [4.69, 9.17) is 4.42 Å². The van der Waals surface area contributed by atoms with Crippen molar-refractivity contribution in [2.45, 2.75) is 45.1 Å². The Balaban J connectivity index is 1.84. The number of nitrogens with one attached hydrogen (secondary N) is 1. The second-order valence-electron chi connectivity index (χ2n) is 5.20. The first kappa shape index (κ1) is 11.6. The third-order valence-electron chi connectivity index (χ3n) is 4.14. The zero-order chi connectivity index (χ0) is 12.4. The number of fused-ring (bicyclic) bond motifs is 1. The van der Waals surface area contributed by atoms with Crippen molar-refractivity contribution in [3.63, 3.8) is 0 Å². The standard InChI is InChI=1S/C15H20N2O/c1-2-11-5-3-4-6-13(11)17-15-12-8-10-18-14(12)7-9-16-15/h7-11,13H,2-6H2,1H3,(H,16,17). The predicted octanol–water partition coefficient (Wildman–Crippen LogP) is 4.21. The van der Waals surface area contributed by atoms with Gasteiger partial charge in [-0.25, -0.2) is 4.98 Å². The van der Waals surface area contributed by atoms with Crippen molar-refractivity contribution in [3.05, 3.63) is 24.6 Å². The van der Waals surface area contributed by atoms with Crippen molar-refractivity contribution in [2.75, 3.05) is 5.32 Å². The van der Waals surface area contributed by atoms with Crippen LogP contribution in [0.5, 0.6) is 0 Å². The molecule has 2 unspecified atom stereocenters. The van der Waals surface area contributed by atoms with Gasteiger partial charge in [-0.05, 0) is 30.9 Å². The van der Waals surface area contributed by atoms with Crippen LogP contribution in [0.3, 0.4) is 0 Å². The highest BCUT2D eigenvalue weighted by Crippen LogP contribution is 2.31. The maximum atomic E-state index is 5.42. The lowest BCUT2D eigenvalue weighted by Gasteiger charge is -2.32. The van der Waals surface area contributed by atoms with Gasteiger partial charge in [-0.1, -0.05) is 26.2 Å². The fourth-order valence-corrected chi connectivity index (χ4v) is 3.07. The highest BCUT2D eigenvalue weighted by molar-refractivity contribution is 5.87. The van der Waals surface area contributed by atoms with Gasteiger partial charge in [0.1, 0.15) is 11.4 Å². The van der Waals surface area contributed by atoms with Crippen molar-refractivity contribution in [3.8, 4) is 0 Å². The van der Waals surface area contributed by atoms with Crippen molar-refractivity contribution in [1.29, 1.82) is 0 Å². The molecule has 0 aromatic carbocycles. The summed E-state index contributed by atoms with van der Waals surface area (Å²) in [6, 6.07) is 4.48.